The number of carbonyl (C=O) groups excluding carboxylic acids is 1. The van der Waals surface area contributed by atoms with E-state index in [4.69, 9.17) is 5.73 Å². The first-order chi connectivity index (χ1) is 7.00. The van der Waals surface area contributed by atoms with Crippen LogP contribution in [0.25, 0.3) is 0 Å². The Morgan fingerprint density at radius 1 is 1.53 bits per heavy atom. The monoisotopic (exact) mass is 212 g/mol. The Hall–Kier alpha value is -0.570. The van der Waals surface area contributed by atoms with Crippen molar-refractivity contribution >= 4 is 5.91 Å². The summed E-state index contributed by atoms with van der Waals surface area (Å²) >= 11 is 0. The van der Waals surface area contributed by atoms with Gasteiger partial charge in [0.25, 0.3) is 0 Å². The summed E-state index contributed by atoms with van der Waals surface area (Å²) in [6, 6.07) is -0.296. The van der Waals surface area contributed by atoms with Gasteiger partial charge in [0.2, 0.25) is 5.91 Å². The number of hydrogen-bond donors (Lipinski definition) is 1. The molecule has 1 rings (SSSR count). The molecule has 0 aliphatic carbocycles. The summed E-state index contributed by atoms with van der Waals surface area (Å²) in [7, 11) is 0. The Morgan fingerprint density at radius 2 is 2.20 bits per heavy atom. The van der Waals surface area contributed by atoms with Crippen LogP contribution in [0.4, 0.5) is 0 Å². The van der Waals surface area contributed by atoms with Crippen molar-refractivity contribution in [1.82, 2.24) is 4.90 Å². The third-order valence-corrected chi connectivity index (χ3v) is 3.01. The van der Waals surface area contributed by atoms with Gasteiger partial charge in [-0.15, -0.1) is 0 Å². The van der Waals surface area contributed by atoms with Gasteiger partial charge in [-0.3, -0.25) is 4.79 Å². The van der Waals surface area contributed by atoms with Crippen molar-refractivity contribution in [3.63, 3.8) is 0 Å². The molecule has 3 nitrogen and oxygen atoms in total. The second-order valence-electron chi connectivity index (χ2n) is 5.27. The predicted molar refractivity (Wildman–Crippen MR) is 62.4 cm³/mol. The summed E-state index contributed by atoms with van der Waals surface area (Å²) < 4.78 is 0. The van der Waals surface area contributed by atoms with E-state index in [-0.39, 0.29) is 11.9 Å². The third-order valence-electron chi connectivity index (χ3n) is 3.01. The molecule has 0 aromatic heterocycles. The van der Waals surface area contributed by atoms with Crippen LogP contribution >= 0.6 is 0 Å². The van der Waals surface area contributed by atoms with E-state index >= 15 is 0 Å². The third kappa shape index (κ3) is 3.82. The van der Waals surface area contributed by atoms with Gasteiger partial charge in [-0.25, -0.2) is 0 Å². The number of hydrogen-bond acceptors (Lipinski definition) is 2. The maximum absolute atomic E-state index is 12.0. The molecule has 0 radical (unpaired) electrons. The highest BCUT2D eigenvalue weighted by Gasteiger charge is 2.25. The van der Waals surface area contributed by atoms with E-state index in [1.165, 1.54) is 6.42 Å². The minimum absolute atomic E-state index is 0.148. The first-order valence-corrected chi connectivity index (χ1v) is 6.05. The van der Waals surface area contributed by atoms with Crippen molar-refractivity contribution < 1.29 is 4.79 Å². The highest BCUT2D eigenvalue weighted by molar-refractivity contribution is 5.81. The van der Waals surface area contributed by atoms with Crippen LogP contribution in [0, 0.1) is 11.8 Å². The maximum Gasteiger partial charge on any atom is 0.239 e. The molecule has 1 aliphatic rings. The molecule has 0 unspecified atom stereocenters. The number of nitrogens with two attached hydrogens (primary N) is 1. The lowest BCUT2D eigenvalue weighted by Gasteiger charge is -2.33. The summed E-state index contributed by atoms with van der Waals surface area (Å²) in [6.45, 7) is 8.20. The van der Waals surface area contributed by atoms with Gasteiger partial charge in [0, 0.05) is 13.1 Å². The molecule has 1 saturated heterocycles. The van der Waals surface area contributed by atoms with E-state index in [0.717, 1.165) is 25.9 Å². The van der Waals surface area contributed by atoms with Gasteiger partial charge in [-0.2, -0.15) is 0 Å². The van der Waals surface area contributed by atoms with Crippen LogP contribution in [0.15, 0.2) is 0 Å². The minimum atomic E-state index is -0.296. The van der Waals surface area contributed by atoms with Gasteiger partial charge >= 0.3 is 0 Å². The van der Waals surface area contributed by atoms with Crippen LogP contribution in [0.3, 0.4) is 0 Å². The number of nitrogens with zero attached hydrogens (tertiary/aromatic N) is 1. The Bertz CT molecular complexity index is 216. The minimum Gasteiger partial charge on any atom is -0.341 e. The molecule has 2 N–H and O–H groups in total. The van der Waals surface area contributed by atoms with Crippen LogP contribution in [0.5, 0.6) is 0 Å². The van der Waals surface area contributed by atoms with E-state index in [9.17, 15) is 4.79 Å². The molecule has 1 fully saturated rings. The maximum atomic E-state index is 12.0. The quantitative estimate of drug-likeness (QED) is 0.772. The molecule has 1 heterocycles. The topological polar surface area (TPSA) is 46.3 Å². The van der Waals surface area contributed by atoms with Gasteiger partial charge in [-0.05, 0) is 31.1 Å². The highest BCUT2D eigenvalue weighted by atomic mass is 16.2. The molecule has 0 aromatic rings. The van der Waals surface area contributed by atoms with Crippen molar-refractivity contribution in [3.8, 4) is 0 Å². The average Bonchev–Trinajstić information content (AvgIpc) is 2.15. The van der Waals surface area contributed by atoms with E-state index in [2.05, 4.69) is 20.8 Å². The Balaban J connectivity index is 2.44. The number of carbonyl (C=O) groups is 1. The Morgan fingerprint density at radius 3 is 2.73 bits per heavy atom. The summed E-state index contributed by atoms with van der Waals surface area (Å²) in [5, 5.41) is 0. The van der Waals surface area contributed by atoms with Crippen molar-refractivity contribution in [3.05, 3.63) is 0 Å². The number of likely N-dealkylation sites (tertiary alicyclic amines) is 1. The highest BCUT2D eigenvalue weighted by Crippen LogP contribution is 2.17. The summed E-state index contributed by atoms with van der Waals surface area (Å²) in [6.07, 6.45) is 3.16. The van der Waals surface area contributed by atoms with Crippen LogP contribution in [-0.2, 0) is 4.79 Å². The fourth-order valence-electron chi connectivity index (χ4n) is 2.23. The molecule has 3 heteroatoms. The predicted octanol–water partition coefficient (Wildman–Crippen LogP) is 1.62. The molecule has 0 aromatic carbocycles. The molecule has 1 aliphatic heterocycles. The molecule has 2 atom stereocenters. The van der Waals surface area contributed by atoms with Crippen LogP contribution < -0.4 is 5.73 Å². The lowest BCUT2D eigenvalue weighted by molar-refractivity contribution is -0.134. The first-order valence-electron chi connectivity index (χ1n) is 6.05. The molecule has 0 spiro atoms. The fraction of sp³-hybridized carbons (Fsp3) is 0.917. The van der Waals surface area contributed by atoms with Crippen LogP contribution in [0.1, 0.15) is 40.0 Å². The van der Waals surface area contributed by atoms with Gasteiger partial charge in [0.1, 0.15) is 0 Å². The van der Waals surface area contributed by atoms with Crippen molar-refractivity contribution in [2.24, 2.45) is 17.6 Å². The van der Waals surface area contributed by atoms with Crippen molar-refractivity contribution in [1.29, 1.82) is 0 Å². The molecular formula is C12H24N2O. The Labute approximate surface area is 93.0 Å². The largest absolute Gasteiger partial charge is 0.341 e. The van der Waals surface area contributed by atoms with Crippen molar-refractivity contribution in [2.45, 2.75) is 46.1 Å². The second-order valence-corrected chi connectivity index (χ2v) is 5.27. The van der Waals surface area contributed by atoms with E-state index < -0.39 is 0 Å². The summed E-state index contributed by atoms with van der Waals surface area (Å²) in [4.78, 5) is 13.9. The molecule has 1 amide bonds. The SMILES string of the molecule is CC(C)C[C@H](N)C(=O)N1CCC[C@H](C)C1. The average molecular weight is 212 g/mol. The molecule has 0 saturated carbocycles. The second kappa shape index (κ2) is 5.50. The summed E-state index contributed by atoms with van der Waals surface area (Å²) in [5.74, 6) is 1.27. The van der Waals surface area contributed by atoms with Gasteiger partial charge in [-0.1, -0.05) is 20.8 Å². The van der Waals surface area contributed by atoms with Crippen molar-refractivity contribution in [2.75, 3.05) is 13.1 Å². The van der Waals surface area contributed by atoms with E-state index in [1.54, 1.807) is 0 Å². The normalized spacial score (nSPS) is 24.3. The zero-order valence-electron chi connectivity index (χ0n) is 10.2. The first kappa shape index (κ1) is 12.5. The Kier molecular flexibility index (Phi) is 4.58. The van der Waals surface area contributed by atoms with Crippen LogP contribution in [0.2, 0.25) is 0 Å². The van der Waals surface area contributed by atoms with Gasteiger partial charge in [0.05, 0.1) is 6.04 Å². The molecule has 15 heavy (non-hydrogen) atoms. The van der Waals surface area contributed by atoms with Gasteiger partial charge in [0.15, 0.2) is 0 Å². The molecule has 88 valence electrons. The standard InChI is InChI=1S/C12H24N2O/c1-9(2)7-11(13)12(15)14-6-4-5-10(3)8-14/h9-11H,4-8,13H2,1-3H3/t10-,11-/m0/s1. The fourth-order valence-corrected chi connectivity index (χ4v) is 2.23. The molecular weight excluding hydrogens is 188 g/mol. The molecule has 0 bridgehead atoms. The van der Waals surface area contributed by atoms with Crippen LogP contribution in [-0.4, -0.2) is 29.9 Å². The lowest BCUT2D eigenvalue weighted by atomic mass is 9.98. The van der Waals surface area contributed by atoms with Gasteiger partial charge < -0.3 is 10.6 Å². The zero-order valence-corrected chi connectivity index (χ0v) is 10.2. The number of rotatable bonds is 3. The number of piperidine rings is 1. The number of amides is 1. The summed E-state index contributed by atoms with van der Waals surface area (Å²) in [5.41, 5.74) is 5.90. The zero-order chi connectivity index (χ0) is 11.4. The van der Waals surface area contributed by atoms with E-state index in [1.807, 2.05) is 4.90 Å². The lowest BCUT2D eigenvalue weighted by Crippen LogP contribution is -2.48. The van der Waals surface area contributed by atoms with E-state index in [0.29, 0.717) is 11.8 Å². The smallest absolute Gasteiger partial charge is 0.239 e.